The molecule has 6 nitrogen and oxygen atoms in total. The highest BCUT2D eigenvalue weighted by Crippen LogP contribution is 2.23. The van der Waals surface area contributed by atoms with Gasteiger partial charge in [0.25, 0.3) is 0 Å². The number of hydrogen-bond donors (Lipinski definition) is 1. The van der Waals surface area contributed by atoms with Gasteiger partial charge in [0.1, 0.15) is 5.60 Å². The van der Waals surface area contributed by atoms with Gasteiger partial charge in [0.15, 0.2) is 0 Å². The molecule has 0 aromatic heterocycles. The van der Waals surface area contributed by atoms with Gasteiger partial charge in [-0.2, -0.15) is 0 Å². The lowest BCUT2D eigenvalue weighted by atomic mass is 10.1. The first-order valence-corrected chi connectivity index (χ1v) is 9.45. The predicted molar refractivity (Wildman–Crippen MR) is 111 cm³/mol. The molecule has 0 spiro atoms. The molecule has 0 aliphatic carbocycles. The fourth-order valence-electron chi connectivity index (χ4n) is 2.86. The molecule has 0 atom stereocenters. The summed E-state index contributed by atoms with van der Waals surface area (Å²) in [6.07, 6.45) is 1.52. The third kappa shape index (κ3) is 6.26. The molecule has 0 unspecified atom stereocenters. The van der Waals surface area contributed by atoms with E-state index in [9.17, 15) is 4.79 Å². The van der Waals surface area contributed by atoms with Crippen LogP contribution in [0.1, 0.15) is 26.3 Å². The number of amides is 1. The Balaban J connectivity index is 2.04. The summed E-state index contributed by atoms with van der Waals surface area (Å²) in [5.41, 5.74) is 8.25. The van der Waals surface area contributed by atoms with Crippen molar-refractivity contribution in [3.63, 3.8) is 0 Å². The van der Waals surface area contributed by atoms with Crippen molar-refractivity contribution in [2.75, 3.05) is 39.8 Å². The molecule has 0 bridgehead atoms. The lowest BCUT2D eigenvalue weighted by Gasteiger charge is -2.35. The maximum atomic E-state index is 12.2. The van der Waals surface area contributed by atoms with Crippen molar-refractivity contribution in [1.29, 1.82) is 0 Å². The van der Waals surface area contributed by atoms with Crippen LogP contribution in [0.5, 0.6) is 0 Å². The van der Waals surface area contributed by atoms with Gasteiger partial charge in [0.05, 0.1) is 0 Å². The van der Waals surface area contributed by atoms with E-state index in [1.54, 1.807) is 18.2 Å². The molecule has 1 aliphatic heterocycles. The summed E-state index contributed by atoms with van der Waals surface area (Å²) in [4.78, 5) is 20.3. The predicted octanol–water partition coefficient (Wildman–Crippen LogP) is 3.26. The second kappa shape index (κ2) is 9.24. The summed E-state index contributed by atoms with van der Waals surface area (Å²) < 4.78 is 5.44. The zero-order valence-electron chi connectivity index (χ0n) is 16.5. The van der Waals surface area contributed by atoms with Crippen molar-refractivity contribution in [2.45, 2.75) is 26.4 Å². The number of nitrogens with zero attached hydrogens (tertiary/aromatic N) is 3. The number of carbonyl (C=O) groups excluding carboxylic acids is 1. The molecule has 2 rings (SSSR count). The number of piperazine rings is 1. The van der Waals surface area contributed by atoms with Gasteiger partial charge < -0.3 is 15.4 Å². The zero-order valence-corrected chi connectivity index (χ0v) is 17.3. The van der Waals surface area contributed by atoms with Gasteiger partial charge in [0.2, 0.25) is 0 Å². The van der Waals surface area contributed by atoms with E-state index in [1.807, 2.05) is 45.0 Å². The van der Waals surface area contributed by atoms with E-state index >= 15 is 0 Å². The summed E-state index contributed by atoms with van der Waals surface area (Å²) in [6, 6.07) is 7.52. The lowest BCUT2D eigenvalue weighted by Crippen LogP contribution is -2.50. The molecule has 1 aromatic carbocycles. The second-order valence-electron chi connectivity index (χ2n) is 7.55. The minimum atomic E-state index is -0.481. The molecular weight excluding hydrogens is 364 g/mol. The first-order chi connectivity index (χ1) is 12.7. The van der Waals surface area contributed by atoms with Gasteiger partial charge in [0, 0.05) is 67.8 Å². The molecule has 1 aromatic rings. The minimum Gasteiger partial charge on any atom is -0.444 e. The molecule has 1 heterocycles. The van der Waals surface area contributed by atoms with Crippen molar-refractivity contribution < 1.29 is 9.53 Å². The molecule has 0 radical (unpaired) electrons. The summed E-state index contributed by atoms with van der Waals surface area (Å²) >= 11 is 6.28. The Hall–Kier alpha value is -2.05. The zero-order chi connectivity index (χ0) is 20.0. The summed E-state index contributed by atoms with van der Waals surface area (Å²) in [5.74, 6) is 0. The number of halogens is 1. The van der Waals surface area contributed by atoms with Gasteiger partial charge in [-0.25, -0.2) is 4.79 Å². The van der Waals surface area contributed by atoms with E-state index in [4.69, 9.17) is 22.1 Å². The Morgan fingerprint density at radius 1 is 1.26 bits per heavy atom. The highest BCUT2D eigenvalue weighted by atomic mass is 35.5. The highest BCUT2D eigenvalue weighted by molar-refractivity contribution is 6.32. The van der Waals surface area contributed by atoms with Crippen LogP contribution in [0.4, 0.5) is 4.79 Å². The molecule has 1 amide bonds. The van der Waals surface area contributed by atoms with Gasteiger partial charge in [-0.05, 0) is 26.8 Å². The molecule has 148 valence electrons. The molecular formula is C20H29ClN4O2. The number of benzene rings is 1. The number of aliphatic imine (C=N–C) groups is 1. The van der Waals surface area contributed by atoms with E-state index in [-0.39, 0.29) is 6.09 Å². The molecule has 27 heavy (non-hydrogen) atoms. The number of ether oxygens (including phenoxy) is 1. The maximum Gasteiger partial charge on any atom is 0.410 e. The Labute approximate surface area is 166 Å². The number of rotatable bonds is 4. The molecule has 2 N–H and O–H groups in total. The van der Waals surface area contributed by atoms with Gasteiger partial charge in [-0.1, -0.05) is 29.8 Å². The van der Waals surface area contributed by atoms with Crippen molar-refractivity contribution in [3.05, 3.63) is 40.4 Å². The van der Waals surface area contributed by atoms with E-state index < -0.39 is 5.60 Å². The van der Waals surface area contributed by atoms with E-state index in [1.165, 1.54) is 0 Å². The van der Waals surface area contributed by atoms with Crippen molar-refractivity contribution >= 4 is 29.6 Å². The van der Waals surface area contributed by atoms with Crippen molar-refractivity contribution in [1.82, 2.24) is 9.80 Å². The third-order valence-corrected chi connectivity index (χ3v) is 4.54. The first kappa shape index (κ1) is 21.3. The largest absolute Gasteiger partial charge is 0.444 e. The van der Waals surface area contributed by atoms with Crippen LogP contribution in [0.3, 0.4) is 0 Å². The number of hydrogen-bond acceptors (Lipinski definition) is 5. The smallest absolute Gasteiger partial charge is 0.410 e. The molecule has 7 heteroatoms. The quantitative estimate of drug-likeness (QED) is 0.798. The van der Waals surface area contributed by atoms with Gasteiger partial charge in [-0.3, -0.25) is 9.89 Å². The van der Waals surface area contributed by atoms with Crippen LogP contribution in [-0.4, -0.2) is 67.5 Å². The van der Waals surface area contributed by atoms with E-state index in [0.717, 1.165) is 24.2 Å². The van der Waals surface area contributed by atoms with Gasteiger partial charge >= 0.3 is 6.09 Å². The van der Waals surface area contributed by atoms with Crippen LogP contribution in [0.15, 0.2) is 34.8 Å². The Morgan fingerprint density at radius 3 is 2.44 bits per heavy atom. The van der Waals surface area contributed by atoms with Crippen LogP contribution in [0.2, 0.25) is 5.02 Å². The minimum absolute atomic E-state index is 0.261. The van der Waals surface area contributed by atoms with Crippen LogP contribution in [-0.2, 0) is 4.74 Å². The highest BCUT2D eigenvalue weighted by Gasteiger charge is 2.26. The second-order valence-corrected chi connectivity index (χ2v) is 7.96. The van der Waals surface area contributed by atoms with Crippen molar-refractivity contribution in [2.24, 2.45) is 10.7 Å². The topological polar surface area (TPSA) is 71.2 Å². The average Bonchev–Trinajstić information content (AvgIpc) is 2.60. The molecule has 1 fully saturated rings. The Bertz CT molecular complexity index is 717. The summed E-state index contributed by atoms with van der Waals surface area (Å²) in [5, 5.41) is 0.617. The van der Waals surface area contributed by atoms with Crippen LogP contribution in [0.25, 0.3) is 5.70 Å². The van der Waals surface area contributed by atoms with Crippen LogP contribution in [0, 0.1) is 0 Å². The summed E-state index contributed by atoms with van der Waals surface area (Å²) in [7, 11) is 1.72. The number of nitrogens with two attached hydrogens (primary N) is 1. The van der Waals surface area contributed by atoms with Gasteiger partial charge in [-0.15, -0.1) is 0 Å². The Morgan fingerprint density at radius 2 is 1.89 bits per heavy atom. The van der Waals surface area contributed by atoms with Crippen LogP contribution >= 0.6 is 11.6 Å². The third-order valence-electron chi connectivity index (χ3n) is 4.21. The fraction of sp³-hybridized carbons (Fsp3) is 0.500. The fourth-order valence-corrected chi connectivity index (χ4v) is 3.10. The summed E-state index contributed by atoms with van der Waals surface area (Å²) in [6.45, 7) is 9.01. The maximum absolute atomic E-state index is 12.2. The van der Waals surface area contributed by atoms with E-state index in [2.05, 4.69) is 9.89 Å². The Kier molecular flexibility index (Phi) is 7.27. The normalized spacial score (nSPS) is 17.1. The molecule has 1 aliphatic rings. The molecule has 0 saturated carbocycles. The van der Waals surface area contributed by atoms with E-state index in [0.29, 0.717) is 30.4 Å². The average molecular weight is 393 g/mol. The SMILES string of the molecule is CN=C/C(CN1CCN(C(=O)OC(C)(C)C)CC1)=C(\N)c1ccccc1Cl. The standard InChI is InChI=1S/C20H29ClN4O2/c1-20(2,3)27-19(26)25-11-9-24(10-12-25)14-15(13-23-4)18(22)16-7-5-6-8-17(16)21/h5-8,13H,9-12,14,22H2,1-4H3/b18-15+,23-13?. The van der Waals surface area contributed by atoms with Crippen LogP contribution < -0.4 is 5.73 Å². The number of carbonyl (C=O) groups is 1. The first-order valence-electron chi connectivity index (χ1n) is 9.07. The van der Waals surface area contributed by atoms with Crippen molar-refractivity contribution in [3.8, 4) is 0 Å². The lowest BCUT2D eigenvalue weighted by molar-refractivity contribution is 0.0153. The molecule has 1 saturated heterocycles. The monoisotopic (exact) mass is 392 g/mol.